The minimum atomic E-state index is 0.771. The molecule has 1 aliphatic heterocycles. The Balaban J connectivity index is 1.67. The van der Waals surface area contributed by atoms with Gasteiger partial charge in [0.1, 0.15) is 0 Å². The summed E-state index contributed by atoms with van der Waals surface area (Å²) in [5.41, 5.74) is 0. The minimum Gasteiger partial charge on any atom is -0.312 e. The van der Waals surface area contributed by atoms with Gasteiger partial charge in [0, 0.05) is 12.6 Å². The van der Waals surface area contributed by atoms with Gasteiger partial charge < -0.3 is 10.2 Å². The van der Waals surface area contributed by atoms with Crippen molar-refractivity contribution < 1.29 is 0 Å². The van der Waals surface area contributed by atoms with Crippen molar-refractivity contribution in [3.05, 3.63) is 0 Å². The number of nitrogens with zero attached hydrogens (tertiary/aromatic N) is 1. The maximum absolute atomic E-state index is 3.74. The Morgan fingerprint density at radius 3 is 2.71 bits per heavy atom. The first-order chi connectivity index (χ1) is 6.75. The molecule has 14 heavy (non-hydrogen) atoms. The molecule has 0 radical (unpaired) electrons. The standard InChI is InChI=1S/C12H24N2/c1-10-4-3-5-11(10)8-13-12-6-7-14(2)9-12/h10-13H,3-9H2,1-2H3. The van der Waals surface area contributed by atoms with Crippen molar-refractivity contribution in [2.24, 2.45) is 11.8 Å². The van der Waals surface area contributed by atoms with E-state index in [0.29, 0.717) is 0 Å². The van der Waals surface area contributed by atoms with E-state index in [1.807, 2.05) is 0 Å². The van der Waals surface area contributed by atoms with Crippen LogP contribution < -0.4 is 5.32 Å². The molecule has 3 atom stereocenters. The van der Waals surface area contributed by atoms with E-state index in [1.165, 1.54) is 45.3 Å². The first-order valence-electron chi connectivity index (χ1n) is 6.17. The van der Waals surface area contributed by atoms with E-state index in [2.05, 4.69) is 24.2 Å². The Kier molecular flexibility index (Phi) is 3.45. The molecule has 0 amide bonds. The van der Waals surface area contributed by atoms with Gasteiger partial charge in [-0.3, -0.25) is 0 Å². The molecule has 0 aromatic rings. The Labute approximate surface area is 88.1 Å². The van der Waals surface area contributed by atoms with Crippen LogP contribution in [-0.2, 0) is 0 Å². The molecular weight excluding hydrogens is 172 g/mol. The highest BCUT2D eigenvalue weighted by Gasteiger charge is 2.25. The Morgan fingerprint density at radius 1 is 1.29 bits per heavy atom. The average molecular weight is 196 g/mol. The lowest BCUT2D eigenvalue weighted by molar-refractivity contribution is 0.355. The van der Waals surface area contributed by atoms with Crippen molar-refractivity contribution in [2.45, 2.75) is 38.6 Å². The average Bonchev–Trinajstić information content (AvgIpc) is 2.72. The molecule has 0 aromatic heterocycles. The van der Waals surface area contributed by atoms with Crippen molar-refractivity contribution in [1.29, 1.82) is 0 Å². The molecule has 82 valence electrons. The first-order valence-corrected chi connectivity index (χ1v) is 6.17. The lowest BCUT2D eigenvalue weighted by atomic mass is 9.98. The second kappa shape index (κ2) is 4.63. The normalized spacial score (nSPS) is 39.4. The van der Waals surface area contributed by atoms with E-state index in [0.717, 1.165) is 17.9 Å². The fourth-order valence-corrected chi connectivity index (χ4v) is 2.95. The van der Waals surface area contributed by atoms with Crippen LogP contribution in [0.4, 0.5) is 0 Å². The van der Waals surface area contributed by atoms with Gasteiger partial charge in [-0.1, -0.05) is 19.8 Å². The quantitative estimate of drug-likeness (QED) is 0.739. The lowest BCUT2D eigenvalue weighted by Crippen LogP contribution is -2.35. The Hall–Kier alpha value is -0.0800. The molecule has 2 fully saturated rings. The summed E-state index contributed by atoms with van der Waals surface area (Å²) in [5.74, 6) is 1.92. The molecule has 0 bridgehead atoms. The zero-order valence-corrected chi connectivity index (χ0v) is 9.63. The molecule has 2 nitrogen and oxygen atoms in total. The fourth-order valence-electron chi connectivity index (χ4n) is 2.95. The molecule has 1 saturated carbocycles. The molecule has 1 heterocycles. The zero-order valence-electron chi connectivity index (χ0n) is 9.63. The van der Waals surface area contributed by atoms with Gasteiger partial charge in [0.15, 0.2) is 0 Å². The zero-order chi connectivity index (χ0) is 9.97. The highest BCUT2D eigenvalue weighted by Crippen LogP contribution is 2.30. The number of hydrogen-bond acceptors (Lipinski definition) is 2. The van der Waals surface area contributed by atoms with Gasteiger partial charge >= 0.3 is 0 Å². The molecule has 1 saturated heterocycles. The highest BCUT2D eigenvalue weighted by molar-refractivity contribution is 4.82. The number of likely N-dealkylation sites (tertiary alicyclic amines) is 1. The van der Waals surface area contributed by atoms with Crippen LogP contribution in [0.1, 0.15) is 32.6 Å². The van der Waals surface area contributed by atoms with Crippen LogP contribution >= 0.6 is 0 Å². The summed E-state index contributed by atoms with van der Waals surface area (Å²) in [6, 6.07) is 0.771. The molecule has 0 aromatic carbocycles. The van der Waals surface area contributed by atoms with Crippen molar-refractivity contribution in [1.82, 2.24) is 10.2 Å². The third-order valence-corrected chi connectivity index (χ3v) is 4.10. The van der Waals surface area contributed by atoms with Gasteiger partial charge in [0.05, 0.1) is 0 Å². The van der Waals surface area contributed by atoms with E-state index in [4.69, 9.17) is 0 Å². The van der Waals surface area contributed by atoms with Crippen LogP contribution in [0.3, 0.4) is 0 Å². The van der Waals surface area contributed by atoms with Crippen molar-refractivity contribution >= 4 is 0 Å². The van der Waals surface area contributed by atoms with Crippen molar-refractivity contribution in [3.63, 3.8) is 0 Å². The molecule has 2 heteroatoms. The van der Waals surface area contributed by atoms with E-state index in [-0.39, 0.29) is 0 Å². The van der Waals surface area contributed by atoms with Crippen LogP contribution in [0.5, 0.6) is 0 Å². The number of likely N-dealkylation sites (N-methyl/N-ethyl adjacent to an activating group) is 1. The van der Waals surface area contributed by atoms with Gasteiger partial charge in [-0.2, -0.15) is 0 Å². The van der Waals surface area contributed by atoms with Gasteiger partial charge in [0.2, 0.25) is 0 Å². The summed E-state index contributed by atoms with van der Waals surface area (Å²) < 4.78 is 0. The Morgan fingerprint density at radius 2 is 2.14 bits per heavy atom. The molecule has 3 unspecified atom stereocenters. The maximum atomic E-state index is 3.74. The van der Waals surface area contributed by atoms with Gasteiger partial charge in [-0.25, -0.2) is 0 Å². The molecule has 2 aliphatic rings. The van der Waals surface area contributed by atoms with E-state index >= 15 is 0 Å². The smallest absolute Gasteiger partial charge is 0.0207 e. The SMILES string of the molecule is CC1CCCC1CNC1CCN(C)C1. The summed E-state index contributed by atoms with van der Waals surface area (Å²) in [6.07, 6.45) is 5.71. The van der Waals surface area contributed by atoms with Gasteiger partial charge in [0.25, 0.3) is 0 Å². The monoisotopic (exact) mass is 196 g/mol. The highest BCUT2D eigenvalue weighted by atomic mass is 15.2. The summed E-state index contributed by atoms with van der Waals surface area (Å²) in [4.78, 5) is 2.43. The topological polar surface area (TPSA) is 15.3 Å². The van der Waals surface area contributed by atoms with Crippen LogP contribution in [0.2, 0.25) is 0 Å². The van der Waals surface area contributed by atoms with Crippen LogP contribution in [-0.4, -0.2) is 37.6 Å². The number of nitrogens with one attached hydrogen (secondary N) is 1. The second-order valence-electron chi connectivity index (χ2n) is 5.32. The summed E-state index contributed by atoms with van der Waals surface area (Å²) in [7, 11) is 2.22. The number of hydrogen-bond donors (Lipinski definition) is 1. The fraction of sp³-hybridized carbons (Fsp3) is 1.00. The largest absolute Gasteiger partial charge is 0.312 e. The predicted octanol–water partition coefficient (Wildman–Crippen LogP) is 1.72. The predicted molar refractivity (Wildman–Crippen MR) is 60.4 cm³/mol. The van der Waals surface area contributed by atoms with E-state index in [1.54, 1.807) is 0 Å². The van der Waals surface area contributed by atoms with Crippen LogP contribution in [0.15, 0.2) is 0 Å². The van der Waals surface area contributed by atoms with Gasteiger partial charge in [-0.05, 0) is 44.8 Å². The molecular formula is C12H24N2. The van der Waals surface area contributed by atoms with E-state index in [9.17, 15) is 0 Å². The van der Waals surface area contributed by atoms with Crippen molar-refractivity contribution in [3.8, 4) is 0 Å². The third-order valence-electron chi connectivity index (χ3n) is 4.10. The summed E-state index contributed by atoms with van der Waals surface area (Å²) >= 11 is 0. The first kappa shape index (κ1) is 10.4. The molecule has 2 rings (SSSR count). The summed E-state index contributed by atoms with van der Waals surface area (Å²) in [5, 5.41) is 3.74. The van der Waals surface area contributed by atoms with Crippen LogP contribution in [0, 0.1) is 11.8 Å². The second-order valence-corrected chi connectivity index (χ2v) is 5.32. The maximum Gasteiger partial charge on any atom is 0.0207 e. The third kappa shape index (κ3) is 2.48. The van der Waals surface area contributed by atoms with E-state index < -0.39 is 0 Å². The Bertz CT molecular complexity index is 181. The summed E-state index contributed by atoms with van der Waals surface area (Å²) in [6.45, 7) is 6.21. The minimum absolute atomic E-state index is 0.771. The van der Waals surface area contributed by atoms with Crippen LogP contribution in [0.25, 0.3) is 0 Å². The molecule has 0 spiro atoms. The number of rotatable bonds is 3. The molecule has 1 aliphatic carbocycles. The van der Waals surface area contributed by atoms with Crippen molar-refractivity contribution in [2.75, 3.05) is 26.7 Å². The molecule has 1 N–H and O–H groups in total. The van der Waals surface area contributed by atoms with Gasteiger partial charge in [-0.15, -0.1) is 0 Å². The lowest BCUT2D eigenvalue weighted by Gasteiger charge is -2.19.